The first kappa shape index (κ1) is 14.6. The van der Waals surface area contributed by atoms with Gasteiger partial charge in [0.25, 0.3) is 5.91 Å². The van der Waals surface area contributed by atoms with Crippen LogP contribution in [-0.4, -0.2) is 34.0 Å². The summed E-state index contributed by atoms with van der Waals surface area (Å²) in [7, 11) is 0. The largest absolute Gasteiger partial charge is 0.479 e. The van der Waals surface area contributed by atoms with Crippen LogP contribution in [-0.2, 0) is 4.79 Å². The summed E-state index contributed by atoms with van der Waals surface area (Å²) >= 11 is 0. The molecule has 0 aliphatic carbocycles. The van der Waals surface area contributed by atoms with Crippen molar-refractivity contribution in [3.8, 4) is 0 Å². The number of hydrogen-bond donors (Lipinski definition) is 1. The highest BCUT2D eigenvalue weighted by atomic mass is 16.4. The fraction of sp³-hybridized carbons (Fsp3) is 0.500. The summed E-state index contributed by atoms with van der Waals surface area (Å²) in [5.74, 6) is -1.06. The highest BCUT2D eigenvalue weighted by molar-refractivity contribution is 5.98. The van der Waals surface area contributed by atoms with E-state index in [1.165, 1.54) is 0 Å². The smallest absolute Gasteiger partial charge is 0.329 e. The number of nitrogens with zero attached hydrogens (tertiary/aromatic N) is 1. The Morgan fingerprint density at radius 1 is 1.25 bits per heavy atom. The first-order valence-electron chi connectivity index (χ1n) is 7.04. The second kappa shape index (κ2) is 5.27. The summed E-state index contributed by atoms with van der Waals surface area (Å²) in [6, 6.07) is 5.66. The van der Waals surface area contributed by atoms with E-state index in [9.17, 15) is 14.7 Å². The molecule has 0 aromatic heterocycles. The Kier molecular flexibility index (Phi) is 3.84. The molecule has 0 spiro atoms. The minimum absolute atomic E-state index is 0.168. The van der Waals surface area contributed by atoms with Crippen LogP contribution < -0.4 is 0 Å². The van der Waals surface area contributed by atoms with E-state index in [0.717, 1.165) is 17.5 Å². The number of likely N-dealkylation sites (tertiary alicyclic amines) is 1. The van der Waals surface area contributed by atoms with Crippen LogP contribution in [0.2, 0.25) is 0 Å². The third-order valence-electron chi connectivity index (χ3n) is 4.19. The molecule has 0 bridgehead atoms. The lowest BCUT2D eigenvalue weighted by Gasteiger charge is -2.34. The van der Waals surface area contributed by atoms with Gasteiger partial charge in [-0.25, -0.2) is 4.79 Å². The van der Waals surface area contributed by atoms with Crippen molar-refractivity contribution in [2.75, 3.05) is 6.54 Å². The van der Waals surface area contributed by atoms with Gasteiger partial charge in [0.2, 0.25) is 0 Å². The molecule has 1 aliphatic rings. The summed E-state index contributed by atoms with van der Waals surface area (Å²) < 4.78 is 0. The zero-order valence-electron chi connectivity index (χ0n) is 12.3. The van der Waals surface area contributed by atoms with Crippen LogP contribution in [0, 0.1) is 13.8 Å². The van der Waals surface area contributed by atoms with Crippen LogP contribution in [0.5, 0.6) is 0 Å². The van der Waals surface area contributed by atoms with Crippen LogP contribution in [0.15, 0.2) is 18.2 Å². The van der Waals surface area contributed by atoms with E-state index in [1.54, 1.807) is 4.90 Å². The van der Waals surface area contributed by atoms with E-state index < -0.39 is 11.5 Å². The molecule has 1 unspecified atom stereocenters. The SMILES string of the molecule is CCC1(C(=O)O)CCCN1C(=O)c1cc(C)cc(C)c1. The van der Waals surface area contributed by atoms with Gasteiger partial charge in [-0.05, 0) is 45.2 Å². The molecule has 1 aliphatic heterocycles. The fourth-order valence-corrected chi connectivity index (χ4v) is 3.17. The Morgan fingerprint density at radius 3 is 2.35 bits per heavy atom. The van der Waals surface area contributed by atoms with Gasteiger partial charge in [-0.1, -0.05) is 24.1 Å². The molecule has 0 radical (unpaired) electrons. The first-order valence-corrected chi connectivity index (χ1v) is 7.04. The molecule has 4 nitrogen and oxygen atoms in total. The highest BCUT2D eigenvalue weighted by Crippen LogP contribution is 2.34. The van der Waals surface area contributed by atoms with E-state index in [4.69, 9.17) is 0 Å². The maximum absolute atomic E-state index is 12.7. The van der Waals surface area contributed by atoms with Crippen molar-refractivity contribution in [2.45, 2.75) is 45.6 Å². The van der Waals surface area contributed by atoms with Gasteiger partial charge in [0.1, 0.15) is 5.54 Å². The van der Waals surface area contributed by atoms with E-state index >= 15 is 0 Å². The minimum Gasteiger partial charge on any atom is -0.479 e. The summed E-state index contributed by atoms with van der Waals surface area (Å²) in [4.78, 5) is 25.9. The predicted molar refractivity (Wildman–Crippen MR) is 76.8 cm³/mol. The molecule has 1 N–H and O–H groups in total. The monoisotopic (exact) mass is 275 g/mol. The zero-order chi connectivity index (χ0) is 14.9. The maximum Gasteiger partial charge on any atom is 0.329 e. The van der Waals surface area contributed by atoms with Crippen LogP contribution in [0.3, 0.4) is 0 Å². The Balaban J connectivity index is 2.39. The van der Waals surface area contributed by atoms with Crippen molar-refractivity contribution in [3.63, 3.8) is 0 Å². The van der Waals surface area contributed by atoms with E-state index in [2.05, 4.69) is 0 Å². The van der Waals surface area contributed by atoms with Gasteiger partial charge < -0.3 is 10.0 Å². The number of carboxylic acids is 1. The van der Waals surface area contributed by atoms with Crippen molar-refractivity contribution in [1.29, 1.82) is 0 Å². The Hall–Kier alpha value is -1.84. The van der Waals surface area contributed by atoms with Crippen molar-refractivity contribution < 1.29 is 14.7 Å². The van der Waals surface area contributed by atoms with Crippen molar-refractivity contribution in [3.05, 3.63) is 34.9 Å². The molecular formula is C16H21NO3. The third-order valence-corrected chi connectivity index (χ3v) is 4.19. The molecular weight excluding hydrogens is 254 g/mol. The van der Waals surface area contributed by atoms with Gasteiger partial charge in [-0.3, -0.25) is 4.79 Å². The number of carboxylic acid groups (broad SMARTS) is 1. The second-order valence-corrected chi connectivity index (χ2v) is 5.63. The number of benzene rings is 1. The van der Waals surface area contributed by atoms with E-state index in [0.29, 0.717) is 24.9 Å². The number of aliphatic carboxylic acids is 1. The maximum atomic E-state index is 12.7. The molecule has 1 fully saturated rings. The molecule has 1 amide bonds. The lowest BCUT2D eigenvalue weighted by molar-refractivity contribution is -0.148. The molecule has 108 valence electrons. The topological polar surface area (TPSA) is 57.6 Å². The van der Waals surface area contributed by atoms with Gasteiger partial charge in [0, 0.05) is 12.1 Å². The van der Waals surface area contributed by atoms with Crippen molar-refractivity contribution >= 4 is 11.9 Å². The van der Waals surface area contributed by atoms with Crippen molar-refractivity contribution in [2.24, 2.45) is 0 Å². The summed E-state index contributed by atoms with van der Waals surface area (Å²) in [5.41, 5.74) is 1.59. The Labute approximate surface area is 119 Å². The summed E-state index contributed by atoms with van der Waals surface area (Å²) in [6.45, 7) is 6.24. The standard InChI is InChI=1S/C16H21NO3/c1-4-16(15(19)20)6-5-7-17(16)14(18)13-9-11(2)8-12(3)10-13/h8-10H,4-7H2,1-3H3,(H,19,20). The summed E-state index contributed by atoms with van der Waals surface area (Å²) in [5, 5.41) is 9.55. The van der Waals surface area contributed by atoms with Crippen LogP contribution in [0.1, 0.15) is 47.7 Å². The normalized spacial score (nSPS) is 22.1. The molecule has 1 aromatic rings. The zero-order valence-corrected chi connectivity index (χ0v) is 12.3. The number of carbonyl (C=O) groups is 2. The molecule has 0 saturated carbocycles. The Bertz CT molecular complexity index is 532. The molecule has 1 atom stereocenters. The number of amides is 1. The molecule has 1 heterocycles. The van der Waals surface area contributed by atoms with Gasteiger partial charge in [0.15, 0.2) is 0 Å². The van der Waals surface area contributed by atoms with E-state index in [1.807, 2.05) is 39.0 Å². The summed E-state index contributed by atoms with van der Waals surface area (Å²) in [6.07, 6.45) is 1.73. The number of carbonyl (C=O) groups excluding carboxylic acids is 1. The van der Waals surface area contributed by atoms with Crippen LogP contribution in [0.25, 0.3) is 0 Å². The quantitative estimate of drug-likeness (QED) is 0.922. The van der Waals surface area contributed by atoms with Crippen molar-refractivity contribution in [1.82, 2.24) is 4.90 Å². The van der Waals surface area contributed by atoms with Gasteiger partial charge >= 0.3 is 5.97 Å². The van der Waals surface area contributed by atoms with E-state index in [-0.39, 0.29) is 5.91 Å². The third kappa shape index (κ3) is 2.30. The second-order valence-electron chi connectivity index (χ2n) is 5.63. The van der Waals surface area contributed by atoms with Gasteiger partial charge in [-0.15, -0.1) is 0 Å². The number of hydrogen-bond acceptors (Lipinski definition) is 2. The van der Waals surface area contributed by atoms with Crippen LogP contribution in [0.4, 0.5) is 0 Å². The lowest BCUT2D eigenvalue weighted by atomic mass is 9.92. The number of aryl methyl sites for hydroxylation is 2. The average molecular weight is 275 g/mol. The number of rotatable bonds is 3. The first-order chi connectivity index (χ1) is 9.40. The molecule has 20 heavy (non-hydrogen) atoms. The lowest BCUT2D eigenvalue weighted by Crippen LogP contribution is -2.52. The van der Waals surface area contributed by atoms with Gasteiger partial charge in [0.05, 0.1) is 0 Å². The average Bonchev–Trinajstić information content (AvgIpc) is 2.81. The molecule has 1 saturated heterocycles. The minimum atomic E-state index is -1.03. The fourth-order valence-electron chi connectivity index (χ4n) is 3.17. The Morgan fingerprint density at radius 2 is 1.85 bits per heavy atom. The predicted octanol–water partition coefficient (Wildman–Crippen LogP) is 2.77. The highest BCUT2D eigenvalue weighted by Gasteiger charge is 2.48. The molecule has 1 aromatic carbocycles. The van der Waals surface area contributed by atoms with Gasteiger partial charge in [-0.2, -0.15) is 0 Å². The van der Waals surface area contributed by atoms with Crippen LogP contribution >= 0.6 is 0 Å². The molecule has 2 rings (SSSR count). The molecule has 4 heteroatoms.